The standard InChI is InChI=1S/C11H20O3/c1-4-6-7-8-10(9(3)12)11(13)14-5-2/h10H,4-8H2,1-3H3. The number of ether oxygens (including phenoxy) is 1. The highest BCUT2D eigenvalue weighted by molar-refractivity contribution is 5.97. The number of hydrogen-bond donors (Lipinski definition) is 0. The highest BCUT2D eigenvalue weighted by Gasteiger charge is 2.23. The van der Waals surface area contributed by atoms with Gasteiger partial charge in [0.1, 0.15) is 11.7 Å². The fourth-order valence-corrected chi connectivity index (χ4v) is 1.33. The minimum absolute atomic E-state index is 0.0837. The van der Waals surface area contributed by atoms with E-state index in [1.807, 2.05) is 0 Å². The van der Waals surface area contributed by atoms with Crippen molar-refractivity contribution in [2.24, 2.45) is 5.92 Å². The van der Waals surface area contributed by atoms with Crippen LogP contribution >= 0.6 is 0 Å². The molecule has 0 amide bonds. The van der Waals surface area contributed by atoms with Crippen molar-refractivity contribution in [2.75, 3.05) is 6.61 Å². The van der Waals surface area contributed by atoms with E-state index in [0.29, 0.717) is 13.0 Å². The van der Waals surface area contributed by atoms with Crippen LogP contribution in [0.25, 0.3) is 0 Å². The summed E-state index contributed by atoms with van der Waals surface area (Å²) < 4.78 is 4.84. The largest absolute Gasteiger partial charge is 0.465 e. The summed E-state index contributed by atoms with van der Waals surface area (Å²) in [5.74, 6) is -0.989. The summed E-state index contributed by atoms with van der Waals surface area (Å²) in [4.78, 5) is 22.5. The fraction of sp³-hybridized carbons (Fsp3) is 0.818. The molecule has 0 aliphatic carbocycles. The number of Topliss-reactive ketones (excluding diaryl/α,β-unsaturated/α-hetero) is 1. The molecular weight excluding hydrogens is 180 g/mol. The zero-order valence-corrected chi connectivity index (χ0v) is 9.34. The van der Waals surface area contributed by atoms with Gasteiger partial charge in [-0.1, -0.05) is 26.2 Å². The molecule has 0 aliphatic heterocycles. The fourth-order valence-electron chi connectivity index (χ4n) is 1.33. The van der Waals surface area contributed by atoms with Gasteiger partial charge in [0, 0.05) is 0 Å². The first-order chi connectivity index (χ1) is 6.63. The van der Waals surface area contributed by atoms with Crippen LogP contribution in [0, 0.1) is 5.92 Å². The number of carbonyl (C=O) groups excluding carboxylic acids is 2. The molecule has 0 saturated heterocycles. The van der Waals surface area contributed by atoms with Crippen LogP contribution in [0.5, 0.6) is 0 Å². The zero-order chi connectivity index (χ0) is 11.0. The SMILES string of the molecule is CCCCCC(C(C)=O)C(=O)OCC. The zero-order valence-electron chi connectivity index (χ0n) is 9.34. The van der Waals surface area contributed by atoms with Gasteiger partial charge in [0.25, 0.3) is 0 Å². The predicted molar refractivity (Wildman–Crippen MR) is 54.9 cm³/mol. The maximum absolute atomic E-state index is 11.3. The van der Waals surface area contributed by atoms with Gasteiger partial charge in [-0.25, -0.2) is 0 Å². The number of ketones is 1. The lowest BCUT2D eigenvalue weighted by Crippen LogP contribution is -2.24. The smallest absolute Gasteiger partial charge is 0.316 e. The Kier molecular flexibility index (Phi) is 7.07. The van der Waals surface area contributed by atoms with E-state index in [0.717, 1.165) is 19.3 Å². The molecule has 0 aromatic heterocycles. The molecule has 0 bridgehead atoms. The van der Waals surface area contributed by atoms with Crippen LogP contribution in [0.1, 0.15) is 46.5 Å². The van der Waals surface area contributed by atoms with E-state index in [4.69, 9.17) is 4.74 Å². The number of esters is 1. The Morgan fingerprint density at radius 1 is 1.21 bits per heavy atom. The Balaban J connectivity index is 4.01. The number of carbonyl (C=O) groups is 2. The third-order valence-electron chi connectivity index (χ3n) is 2.16. The molecule has 1 unspecified atom stereocenters. The molecule has 0 radical (unpaired) electrons. The minimum Gasteiger partial charge on any atom is -0.465 e. The Morgan fingerprint density at radius 3 is 2.29 bits per heavy atom. The molecule has 0 saturated carbocycles. The van der Waals surface area contributed by atoms with E-state index in [1.54, 1.807) is 6.92 Å². The van der Waals surface area contributed by atoms with Gasteiger partial charge in [0.05, 0.1) is 6.61 Å². The molecule has 0 rings (SSSR count). The van der Waals surface area contributed by atoms with Gasteiger partial charge in [-0.05, 0) is 20.3 Å². The van der Waals surface area contributed by atoms with Crippen LogP contribution in [-0.2, 0) is 14.3 Å². The Hall–Kier alpha value is -0.860. The molecule has 3 heteroatoms. The van der Waals surface area contributed by atoms with Crippen molar-refractivity contribution in [3.05, 3.63) is 0 Å². The molecule has 82 valence electrons. The lowest BCUT2D eigenvalue weighted by Gasteiger charge is -2.11. The van der Waals surface area contributed by atoms with E-state index in [-0.39, 0.29) is 11.8 Å². The van der Waals surface area contributed by atoms with Gasteiger partial charge < -0.3 is 4.74 Å². The molecule has 0 N–H and O–H groups in total. The second-order valence-electron chi connectivity index (χ2n) is 3.41. The van der Waals surface area contributed by atoms with Crippen molar-refractivity contribution in [1.82, 2.24) is 0 Å². The first kappa shape index (κ1) is 13.1. The summed E-state index contributed by atoms with van der Waals surface area (Å²) >= 11 is 0. The van der Waals surface area contributed by atoms with Crippen molar-refractivity contribution < 1.29 is 14.3 Å². The van der Waals surface area contributed by atoms with E-state index in [9.17, 15) is 9.59 Å². The lowest BCUT2D eigenvalue weighted by molar-refractivity contribution is -0.151. The van der Waals surface area contributed by atoms with Crippen molar-refractivity contribution in [1.29, 1.82) is 0 Å². The van der Waals surface area contributed by atoms with E-state index >= 15 is 0 Å². The highest BCUT2D eigenvalue weighted by atomic mass is 16.5. The molecule has 0 spiro atoms. The molecule has 0 aromatic carbocycles. The molecule has 0 aromatic rings. The maximum Gasteiger partial charge on any atom is 0.316 e. The van der Waals surface area contributed by atoms with Crippen LogP contribution in [0.3, 0.4) is 0 Å². The summed E-state index contributed by atoms with van der Waals surface area (Å²) in [6.45, 7) is 5.64. The monoisotopic (exact) mass is 200 g/mol. The summed E-state index contributed by atoms with van der Waals surface area (Å²) in [5.41, 5.74) is 0. The van der Waals surface area contributed by atoms with Gasteiger partial charge in [-0.2, -0.15) is 0 Å². The van der Waals surface area contributed by atoms with E-state index in [2.05, 4.69) is 6.92 Å². The molecule has 0 aliphatic rings. The third-order valence-corrected chi connectivity index (χ3v) is 2.16. The van der Waals surface area contributed by atoms with Crippen LogP contribution in [0.15, 0.2) is 0 Å². The quantitative estimate of drug-likeness (QED) is 0.360. The molecule has 0 fully saturated rings. The van der Waals surface area contributed by atoms with Gasteiger partial charge in [0.2, 0.25) is 0 Å². The van der Waals surface area contributed by atoms with Crippen LogP contribution in [-0.4, -0.2) is 18.4 Å². The second-order valence-corrected chi connectivity index (χ2v) is 3.41. The lowest BCUT2D eigenvalue weighted by atomic mass is 9.98. The first-order valence-corrected chi connectivity index (χ1v) is 5.30. The summed E-state index contributed by atoms with van der Waals surface area (Å²) in [5, 5.41) is 0. The van der Waals surface area contributed by atoms with Crippen molar-refractivity contribution in [3.63, 3.8) is 0 Å². The van der Waals surface area contributed by atoms with Crippen LogP contribution in [0.4, 0.5) is 0 Å². The topological polar surface area (TPSA) is 43.4 Å². The number of hydrogen-bond acceptors (Lipinski definition) is 3. The van der Waals surface area contributed by atoms with Crippen molar-refractivity contribution in [2.45, 2.75) is 46.5 Å². The number of unbranched alkanes of at least 4 members (excludes halogenated alkanes) is 2. The predicted octanol–water partition coefficient (Wildman–Crippen LogP) is 2.33. The van der Waals surface area contributed by atoms with Gasteiger partial charge in [-0.15, -0.1) is 0 Å². The summed E-state index contributed by atoms with van der Waals surface area (Å²) in [7, 11) is 0. The molecule has 3 nitrogen and oxygen atoms in total. The highest BCUT2D eigenvalue weighted by Crippen LogP contribution is 2.12. The molecule has 1 atom stereocenters. The molecular formula is C11H20O3. The average molecular weight is 200 g/mol. The second kappa shape index (κ2) is 7.54. The summed E-state index contributed by atoms with van der Waals surface area (Å²) in [6.07, 6.45) is 3.69. The first-order valence-electron chi connectivity index (χ1n) is 5.30. The van der Waals surface area contributed by atoms with Crippen LogP contribution < -0.4 is 0 Å². The Bertz CT molecular complexity index is 187. The van der Waals surface area contributed by atoms with E-state index < -0.39 is 5.92 Å². The Morgan fingerprint density at radius 2 is 1.86 bits per heavy atom. The third kappa shape index (κ3) is 5.00. The number of rotatable bonds is 7. The molecule has 14 heavy (non-hydrogen) atoms. The maximum atomic E-state index is 11.3. The van der Waals surface area contributed by atoms with Crippen molar-refractivity contribution >= 4 is 11.8 Å². The minimum atomic E-state index is -0.540. The normalized spacial score (nSPS) is 12.2. The van der Waals surface area contributed by atoms with Crippen molar-refractivity contribution in [3.8, 4) is 0 Å². The van der Waals surface area contributed by atoms with E-state index in [1.165, 1.54) is 6.92 Å². The van der Waals surface area contributed by atoms with Gasteiger partial charge in [0.15, 0.2) is 0 Å². The average Bonchev–Trinajstić information content (AvgIpc) is 2.12. The van der Waals surface area contributed by atoms with Gasteiger partial charge in [-0.3, -0.25) is 9.59 Å². The van der Waals surface area contributed by atoms with Crippen LogP contribution in [0.2, 0.25) is 0 Å². The molecule has 0 heterocycles. The summed E-state index contributed by atoms with van der Waals surface area (Å²) in [6, 6.07) is 0. The Labute approximate surface area is 85.8 Å². The van der Waals surface area contributed by atoms with Gasteiger partial charge >= 0.3 is 5.97 Å².